The van der Waals surface area contributed by atoms with Crippen molar-refractivity contribution in [1.82, 2.24) is 15.5 Å². The third-order valence-electron chi connectivity index (χ3n) is 4.58. The number of fused-ring (bicyclic) bond motifs is 1. The molecule has 3 rings (SSSR count). The fourth-order valence-electron chi connectivity index (χ4n) is 3.45. The second-order valence-electron chi connectivity index (χ2n) is 6.97. The Morgan fingerprint density at radius 3 is 2.67 bits per heavy atom. The summed E-state index contributed by atoms with van der Waals surface area (Å²) in [7, 11) is 0. The highest BCUT2D eigenvalue weighted by molar-refractivity contribution is 5.98. The summed E-state index contributed by atoms with van der Waals surface area (Å²) in [4.78, 5) is 38.8. The lowest BCUT2D eigenvalue weighted by molar-refractivity contribution is -0.147. The van der Waals surface area contributed by atoms with Gasteiger partial charge in [0, 0.05) is 18.2 Å². The number of amides is 3. The smallest absolute Gasteiger partial charge is 0.251 e. The molecule has 0 saturated carbocycles. The molecule has 0 bridgehead atoms. The summed E-state index contributed by atoms with van der Waals surface area (Å²) >= 11 is 0. The molecule has 1 aromatic carbocycles. The van der Waals surface area contributed by atoms with E-state index < -0.39 is 12.1 Å². The fourth-order valence-corrected chi connectivity index (χ4v) is 3.45. The van der Waals surface area contributed by atoms with Crippen LogP contribution in [0, 0.1) is 5.92 Å². The van der Waals surface area contributed by atoms with Crippen LogP contribution in [0.1, 0.15) is 37.0 Å². The first-order valence-corrected chi connectivity index (χ1v) is 8.42. The predicted octanol–water partition coefficient (Wildman–Crippen LogP) is 0.930. The molecule has 24 heavy (non-hydrogen) atoms. The average molecular weight is 329 g/mol. The van der Waals surface area contributed by atoms with E-state index in [-0.39, 0.29) is 23.8 Å². The Morgan fingerprint density at radius 1 is 1.29 bits per heavy atom. The molecular formula is C18H23N3O3. The van der Waals surface area contributed by atoms with E-state index in [2.05, 4.69) is 10.6 Å². The van der Waals surface area contributed by atoms with Gasteiger partial charge in [0.15, 0.2) is 0 Å². The third kappa shape index (κ3) is 3.27. The van der Waals surface area contributed by atoms with Crippen molar-refractivity contribution in [3.63, 3.8) is 0 Å². The van der Waals surface area contributed by atoms with Crippen molar-refractivity contribution in [1.29, 1.82) is 0 Å². The maximum Gasteiger partial charge on any atom is 0.251 e. The zero-order valence-electron chi connectivity index (χ0n) is 14.0. The Labute approximate surface area is 141 Å². The molecule has 3 atom stereocenters. The molecule has 0 unspecified atom stereocenters. The number of piperazine rings is 1. The van der Waals surface area contributed by atoms with Crippen molar-refractivity contribution in [2.24, 2.45) is 5.92 Å². The Hall–Kier alpha value is -2.37. The van der Waals surface area contributed by atoms with Gasteiger partial charge in [0.25, 0.3) is 5.91 Å². The van der Waals surface area contributed by atoms with Gasteiger partial charge in [-0.25, -0.2) is 0 Å². The number of carbonyl (C=O) groups is 3. The molecule has 0 aromatic heterocycles. The molecule has 2 fully saturated rings. The Morgan fingerprint density at radius 2 is 2.00 bits per heavy atom. The minimum absolute atomic E-state index is 0.0373. The van der Waals surface area contributed by atoms with Crippen molar-refractivity contribution in [2.45, 2.75) is 44.8 Å². The molecule has 2 saturated heterocycles. The first kappa shape index (κ1) is 16.5. The van der Waals surface area contributed by atoms with Gasteiger partial charge in [-0.05, 0) is 30.9 Å². The largest absolute Gasteiger partial charge is 0.347 e. The second kappa shape index (κ2) is 6.63. The van der Waals surface area contributed by atoms with Gasteiger partial charge in [-0.2, -0.15) is 0 Å². The lowest BCUT2D eigenvalue weighted by Crippen LogP contribution is -2.61. The van der Waals surface area contributed by atoms with E-state index in [9.17, 15) is 14.4 Å². The van der Waals surface area contributed by atoms with Crippen LogP contribution in [0.25, 0.3) is 0 Å². The highest BCUT2D eigenvalue weighted by Gasteiger charge is 2.46. The molecule has 3 amide bonds. The van der Waals surface area contributed by atoms with E-state index in [0.717, 1.165) is 0 Å². The highest BCUT2D eigenvalue weighted by Crippen LogP contribution is 2.25. The molecular weight excluding hydrogens is 306 g/mol. The topological polar surface area (TPSA) is 78.5 Å². The van der Waals surface area contributed by atoms with Gasteiger partial charge in [-0.1, -0.05) is 32.0 Å². The zero-order valence-corrected chi connectivity index (χ0v) is 14.0. The van der Waals surface area contributed by atoms with Crippen LogP contribution in [-0.2, 0) is 9.59 Å². The van der Waals surface area contributed by atoms with Gasteiger partial charge in [0.1, 0.15) is 12.1 Å². The number of carbonyl (C=O) groups excluding carboxylic acids is 3. The first-order valence-electron chi connectivity index (χ1n) is 8.42. The van der Waals surface area contributed by atoms with E-state index in [1.807, 2.05) is 19.9 Å². The summed E-state index contributed by atoms with van der Waals surface area (Å²) in [6, 6.07) is 7.84. The van der Waals surface area contributed by atoms with Crippen molar-refractivity contribution >= 4 is 17.7 Å². The standard InChI is InChI=1S/C18H23N3O3/c1-11(2)8-14-18(24)21-10-13(9-15(21)17(23)20-14)19-16(22)12-6-4-3-5-7-12/h3-7,11,13-15H,8-10H2,1-2H3,(H,19,22)(H,20,23)/t13-,14+,15-/m0/s1. The van der Waals surface area contributed by atoms with Crippen LogP contribution in [0.4, 0.5) is 0 Å². The summed E-state index contributed by atoms with van der Waals surface area (Å²) in [5.41, 5.74) is 0.579. The summed E-state index contributed by atoms with van der Waals surface area (Å²) in [6.07, 6.45) is 1.10. The molecule has 2 aliphatic rings. The minimum atomic E-state index is -0.470. The lowest BCUT2D eigenvalue weighted by atomic mass is 9.99. The first-order chi connectivity index (χ1) is 11.5. The fraction of sp³-hybridized carbons (Fsp3) is 0.500. The van der Waals surface area contributed by atoms with Crippen molar-refractivity contribution < 1.29 is 14.4 Å². The van der Waals surface area contributed by atoms with Gasteiger partial charge < -0.3 is 15.5 Å². The molecule has 2 N–H and O–H groups in total. The van der Waals surface area contributed by atoms with E-state index in [1.165, 1.54) is 0 Å². The zero-order chi connectivity index (χ0) is 17.3. The molecule has 1 aromatic rings. The Kier molecular flexibility index (Phi) is 4.55. The quantitative estimate of drug-likeness (QED) is 0.862. The lowest BCUT2D eigenvalue weighted by Gasteiger charge is -2.35. The van der Waals surface area contributed by atoms with Gasteiger partial charge in [0.05, 0.1) is 0 Å². The SMILES string of the molecule is CC(C)C[C@H]1NC(=O)[C@@H]2C[C@H](NC(=O)c3ccccc3)CN2C1=O. The second-order valence-corrected chi connectivity index (χ2v) is 6.97. The van der Waals surface area contributed by atoms with Crippen molar-refractivity contribution in [3.8, 4) is 0 Å². The summed E-state index contributed by atoms with van der Waals surface area (Å²) in [5, 5.41) is 5.77. The summed E-state index contributed by atoms with van der Waals surface area (Å²) in [6.45, 7) is 4.45. The van der Waals surface area contributed by atoms with Crippen LogP contribution in [0.15, 0.2) is 30.3 Å². The Bertz CT molecular complexity index is 644. The number of hydrogen-bond acceptors (Lipinski definition) is 3. The molecule has 6 heteroatoms. The van der Waals surface area contributed by atoms with Crippen LogP contribution < -0.4 is 10.6 Å². The highest BCUT2D eigenvalue weighted by atomic mass is 16.2. The molecule has 2 aliphatic heterocycles. The number of nitrogens with one attached hydrogen (secondary N) is 2. The van der Waals surface area contributed by atoms with E-state index in [4.69, 9.17) is 0 Å². The molecule has 0 aliphatic carbocycles. The molecule has 6 nitrogen and oxygen atoms in total. The molecule has 2 heterocycles. The van der Waals surface area contributed by atoms with Crippen LogP contribution in [-0.4, -0.2) is 47.3 Å². The minimum Gasteiger partial charge on any atom is -0.347 e. The molecule has 0 radical (unpaired) electrons. The normalized spacial score (nSPS) is 26.3. The summed E-state index contributed by atoms with van der Waals surface area (Å²) < 4.78 is 0. The number of rotatable bonds is 4. The number of benzene rings is 1. The van der Waals surface area contributed by atoms with Gasteiger partial charge in [0.2, 0.25) is 11.8 Å². The third-order valence-corrected chi connectivity index (χ3v) is 4.58. The van der Waals surface area contributed by atoms with Crippen LogP contribution in [0.5, 0.6) is 0 Å². The maximum atomic E-state index is 12.6. The van der Waals surface area contributed by atoms with E-state index in [0.29, 0.717) is 30.9 Å². The number of nitrogens with zero attached hydrogens (tertiary/aromatic N) is 1. The van der Waals surface area contributed by atoms with Gasteiger partial charge in [-0.3, -0.25) is 14.4 Å². The molecule has 128 valence electrons. The van der Waals surface area contributed by atoms with Crippen molar-refractivity contribution in [2.75, 3.05) is 6.54 Å². The maximum absolute atomic E-state index is 12.6. The average Bonchev–Trinajstić information content (AvgIpc) is 2.97. The van der Waals surface area contributed by atoms with Gasteiger partial charge >= 0.3 is 0 Å². The summed E-state index contributed by atoms with van der Waals surface area (Å²) in [5.74, 6) is 0.000452. The predicted molar refractivity (Wildman–Crippen MR) is 89.2 cm³/mol. The monoisotopic (exact) mass is 329 g/mol. The Balaban J connectivity index is 1.66. The van der Waals surface area contributed by atoms with Crippen molar-refractivity contribution in [3.05, 3.63) is 35.9 Å². The number of hydrogen-bond donors (Lipinski definition) is 2. The van der Waals surface area contributed by atoms with E-state index >= 15 is 0 Å². The molecule has 0 spiro atoms. The van der Waals surface area contributed by atoms with E-state index in [1.54, 1.807) is 29.2 Å². The van der Waals surface area contributed by atoms with Crippen LogP contribution in [0.2, 0.25) is 0 Å². The van der Waals surface area contributed by atoms with Crippen LogP contribution >= 0.6 is 0 Å². The van der Waals surface area contributed by atoms with Gasteiger partial charge in [-0.15, -0.1) is 0 Å². The van der Waals surface area contributed by atoms with Crippen LogP contribution in [0.3, 0.4) is 0 Å².